The molecule has 2 heterocycles. The molecule has 0 saturated carbocycles. The summed E-state index contributed by atoms with van der Waals surface area (Å²) >= 11 is 1.54. The maximum atomic E-state index is 12.3. The van der Waals surface area contributed by atoms with Gasteiger partial charge >= 0.3 is 0 Å². The number of ether oxygens (including phenoxy) is 1. The number of carbonyl (C=O) groups excluding carboxylic acids is 1. The van der Waals surface area contributed by atoms with Gasteiger partial charge in [-0.1, -0.05) is 0 Å². The highest BCUT2D eigenvalue weighted by Crippen LogP contribution is 2.21. The second-order valence-corrected chi connectivity index (χ2v) is 5.61. The molecule has 1 aliphatic heterocycles. The van der Waals surface area contributed by atoms with Crippen LogP contribution in [0.25, 0.3) is 0 Å². The molecule has 94 valence electrons. The molecule has 1 aromatic heterocycles. The topological polar surface area (TPSA) is 29.5 Å². The van der Waals surface area contributed by atoms with Crippen LogP contribution in [0.3, 0.4) is 0 Å². The predicted molar refractivity (Wildman–Crippen MR) is 69.6 cm³/mol. The first kappa shape index (κ1) is 12.6. The number of piperidine rings is 1. The monoisotopic (exact) mass is 253 g/mol. The summed E-state index contributed by atoms with van der Waals surface area (Å²) in [5.41, 5.74) is 1.17. The predicted octanol–water partition coefficient (Wildman–Crippen LogP) is 2.56. The maximum absolute atomic E-state index is 12.3. The van der Waals surface area contributed by atoms with Gasteiger partial charge in [0.15, 0.2) is 0 Å². The van der Waals surface area contributed by atoms with Gasteiger partial charge in [-0.25, -0.2) is 0 Å². The Kier molecular flexibility index (Phi) is 4.18. The molecule has 0 N–H and O–H groups in total. The van der Waals surface area contributed by atoms with Crippen molar-refractivity contribution >= 4 is 17.2 Å². The van der Waals surface area contributed by atoms with Gasteiger partial charge in [-0.3, -0.25) is 4.79 Å². The van der Waals surface area contributed by atoms with Crippen LogP contribution in [0.4, 0.5) is 0 Å². The zero-order valence-corrected chi connectivity index (χ0v) is 11.3. The first-order valence-corrected chi connectivity index (χ1v) is 6.92. The molecule has 3 nitrogen and oxygen atoms in total. The molecule has 1 aliphatic rings. The van der Waals surface area contributed by atoms with Gasteiger partial charge in [0.1, 0.15) is 0 Å². The van der Waals surface area contributed by atoms with E-state index in [-0.39, 0.29) is 5.91 Å². The van der Waals surface area contributed by atoms with Crippen molar-refractivity contribution in [3.8, 4) is 0 Å². The molecule has 1 saturated heterocycles. The summed E-state index contributed by atoms with van der Waals surface area (Å²) in [6.45, 7) is 4.50. The van der Waals surface area contributed by atoms with E-state index in [1.54, 1.807) is 18.4 Å². The van der Waals surface area contributed by atoms with Crippen LogP contribution >= 0.6 is 11.3 Å². The van der Waals surface area contributed by atoms with Crippen molar-refractivity contribution in [2.24, 2.45) is 5.92 Å². The molecule has 4 heteroatoms. The fraction of sp³-hybridized carbons (Fsp3) is 0.615. The molecular weight excluding hydrogens is 234 g/mol. The minimum atomic E-state index is 0.184. The first-order valence-electron chi connectivity index (χ1n) is 6.04. The van der Waals surface area contributed by atoms with E-state index in [9.17, 15) is 4.79 Å². The summed E-state index contributed by atoms with van der Waals surface area (Å²) < 4.78 is 5.18. The van der Waals surface area contributed by atoms with Crippen LogP contribution in [0, 0.1) is 12.8 Å². The standard InChI is InChI=1S/C13H19NO2S/c1-10-6-12(17-9-10)13(15)14-5-3-4-11(7-14)8-16-2/h6,9,11H,3-5,7-8H2,1-2H3. The zero-order valence-electron chi connectivity index (χ0n) is 10.4. The summed E-state index contributed by atoms with van der Waals surface area (Å²) in [6.07, 6.45) is 2.26. The number of hydrogen-bond acceptors (Lipinski definition) is 3. The summed E-state index contributed by atoms with van der Waals surface area (Å²) in [6, 6.07) is 1.98. The van der Waals surface area contributed by atoms with Gasteiger partial charge < -0.3 is 9.64 Å². The number of hydrogen-bond donors (Lipinski definition) is 0. The Morgan fingerprint density at radius 3 is 3.12 bits per heavy atom. The molecule has 0 spiro atoms. The lowest BCUT2D eigenvalue weighted by Crippen LogP contribution is -2.40. The fourth-order valence-corrected chi connectivity index (χ4v) is 3.19. The second-order valence-electron chi connectivity index (χ2n) is 4.70. The number of aryl methyl sites for hydroxylation is 1. The van der Waals surface area contributed by atoms with Crippen molar-refractivity contribution in [2.75, 3.05) is 26.8 Å². The van der Waals surface area contributed by atoms with Gasteiger partial charge in [0.05, 0.1) is 11.5 Å². The minimum Gasteiger partial charge on any atom is -0.384 e. The van der Waals surface area contributed by atoms with E-state index in [0.29, 0.717) is 5.92 Å². The molecule has 0 aliphatic carbocycles. The van der Waals surface area contributed by atoms with E-state index in [4.69, 9.17) is 4.74 Å². The number of carbonyl (C=O) groups is 1. The third-order valence-electron chi connectivity index (χ3n) is 3.15. The van der Waals surface area contributed by atoms with Crippen molar-refractivity contribution < 1.29 is 9.53 Å². The quantitative estimate of drug-likeness (QED) is 0.828. The highest BCUT2D eigenvalue weighted by Gasteiger charge is 2.24. The van der Waals surface area contributed by atoms with Gasteiger partial charge in [0.25, 0.3) is 5.91 Å². The molecule has 1 amide bonds. The Hall–Kier alpha value is -0.870. The Morgan fingerprint density at radius 1 is 1.65 bits per heavy atom. The molecule has 1 aromatic rings. The molecule has 0 aromatic carbocycles. The van der Waals surface area contributed by atoms with Crippen LogP contribution in [-0.4, -0.2) is 37.6 Å². The van der Waals surface area contributed by atoms with Crippen LogP contribution < -0.4 is 0 Å². The van der Waals surface area contributed by atoms with Crippen LogP contribution in [0.1, 0.15) is 28.1 Å². The minimum absolute atomic E-state index is 0.184. The van der Waals surface area contributed by atoms with Crippen molar-refractivity contribution in [3.05, 3.63) is 21.9 Å². The second kappa shape index (κ2) is 5.65. The summed E-state index contributed by atoms with van der Waals surface area (Å²) in [5, 5.41) is 2.03. The van der Waals surface area contributed by atoms with E-state index in [1.807, 2.05) is 23.3 Å². The van der Waals surface area contributed by atoms with E-state index in [0.717, 1.165) is 31.0 Å². The van der Waals surface area contributed by atoms with Gasteiger partial charge in [0.2, 0.25) is 0 Å². The van der Waals surface area contributed by atoms with E-state index in [2.05, 4.69) is 0 Å². The largest absolute Gasteiger partial charge is 0.384 e. The highest BCUT2D eigenvalue weighted by atomic mass is 32.1. The Balaban J connectivity index is 1.99. The van der Waals surface area contributed by atoms with Crippen molar-refractivity contribution in [3.63, 3.8) is 0 Å². The lowest BCUT2D eigenvalue weighted by molar-refractivity contribution is 0.0575. The number of nitrogens with zero attached hydrogens (tertiary/aromatic N) is 1. The summed E-state index contributed by atoms with van der Waals surface area (Å²) in [7, 11) is 1.73. The number of rotatable bonds is 3. The molecule has 1 atom stereocenters. The van der Waals surface area contributed by atoms with E-state index >= 15 is 0 Å². The SMILES string of the molecule is COCC1CCCN(C(=O)c2cc(C)cs2)C1. The van der Waals surface area contributed by atoms with Crippen LogP contribution in [0.5, 0.6) is 0 Å². The van der Waals surface area contributed by atoms with Crippen molar-refractivity contribution in [2.45, 2.75) is 19.8 Å². The third kappa shape index (κ3) is 3.07. The molecule has 2 rings (SSSR count). The lowest BCUT2D eigenvalue weighted by atomic mass is 9.99. The maximum Gasteiger partial charge on any atom is 0.263 e. The molecule has 17 heavy (non-hydrogen) atoms. The first-order chi connectivity index (χ1) is 8.20. The third-order valence-corrected chi connectivity index (χ3v) is 4.19. The van der Waals surface area contributed by atoms with Crippen LogP contribution in [-0.2, 0) is 4.74 Å². The average molecular weight is 253 g/mol. The van der Waals surface area contributed by atoms with Crippen molar-refractivity contribution in [1.29, 1.82) is 0 Å². The van der Waals surface area contributed by atoms with E-state index < -0.39 is 0 Å². The molecule has 1 fully saturated rings. The number of likely N-dealkylation sites (tertiary alicyclic amines) is 1. The van der Waals surface area contributed by atoms with Gasteiger partial charge in [-0.05, 0) is 42.7 Å². The summed E-state index contributed by atoms with van der Waals surface area (Å²) in [5.74, 6) is 0.683. The number of thiophene rings is 1. The average Bonchev–Trinajstić information content (AvgIpc) is 2.76. The molecular formula is C13H19NO2S. The van der Waals surface area contributed by atoms with Crippen molar-refractivity contribution in [1.82, 2.24) is 4.90 Å². The molecule has 0 bridgehead atoms. The van der Waals surface area contributed by atoms with E-state index in [1.165, 1.54) is 12.0 Å². The number of methoxy groups -OCH3 is 1. The molecule has 0 radical (unpaired) electrons. The lowest BCUT2D eigenvalue weighted by Gasteiger charge is -2.32. The summed E-state index contributed by atoms with van der Waals surface area (Å²) in [4.78, 5) is 15.1. The van der Waals surface area contributed by atoms with Gasteiger partial charge in [-0.2, -0.15) is 0 Å². The van der Waals surface area contributed by atoms with Gasteiger partial charge in [-0.15, -0.1) is 11.3 Å². The number of amides is 1. The molecule has 1 unspecified atom stereocenters. The van der Waals surface area contributed by atoms with Crippen LogP contribution in [0.2, 0.25) is 0 Å². The smallest absolute Gasteiger partial charge is 0.263 e. The Bertz CT molecular complexity index is 387. The Morgan fingerprint density at radius 2 is 2.47 bits per heavy atom. The normalized spacial score (nSPS) is 20.6. The van der Waals surface area contributed by atoms with Crippen LogP contribution in [0.15, 0.2) is 11.4 Å². The zero-order chi connectivity index (χ0) is 12.3. The fourth-order valence-electron chi connectivity index (χ4n) is 2.32. The highest BCUT2D eigenvalue weighted by molar-refractivity contribution is 7.12. The Labute approximate surface area is 106 Å². The van der Waals surface area contributed by atoms with Gasteiger partial charge in [0, 0.05) is 20.2 Å².